The summed E-state index contributed by atoms with van der Waals surface area (Å²) in [5.41, 5.74) is 4.92. The molecule has 1 aliphatic carbocycles. The van der Waals surface area contributed by atoms with Crippen molar-refractivity contribution in [2.45, 2.75) is 189 Å². The second-order valence-corrected chi connectivity index (χ2v) is 33.7. The Morgan fingerprint density at radius 1 is 0.489 bits per heavy atom. The Labute approximate surface area is 774 Å². The Balaban J connectivity index is 0.551. The number of thioether (sulfide) groups is 1. The van der Waals surface area contributed by atoms with Crippen molar-refractivity contribution in [2.75, 3.05) is 138 Å². The van der Waals surface area contributed by atoms with Gasteiger partial charge in [0.2, 0.25) is 46.3 Å². The number of amides is 7. The van der Waals surface area contributed by atoms with Crippen LogP contribution in [0.2, 0.25) is 0 Å². The van der Waals surface area contributed by atoms with E-state index in [0.29, 0.717) is 74.9 Å². The van der Waals surface area contributed by atoms with Crippen molar-refractivity contribution in [1.82, 2.24) is 67.2 Å². The summed E-state index contributed by atoms with van der Waals surface area (Å²) in [6, 6.07) is 30.7. The first-order valence-corrected chi connectivity index (χ1v) is 45.6. The summed E-state index contributed by atoms with van der Waals surface area (Å²) < 4.78 is 54.2. The Kier molecular flexibility index (Phi) is 48.1. The smallest absolute Gasteiger partial charge is 0.346 e. The zero-order chi connectivity index (χ0) is 95.8. The number of aliphatic carboxylic acids is 2. The summed E-state index contributed by atoms with van der Waals surface area (Å²) in [4.78, 5) is 111. The molecule has 18 N–H and O–H groups in total. The molecule has 2 aromatic heterocycles. The van der Waals surface area contributed by atoms with Crippen LogP contribution >= 0.6 is 11.8 Å². The fourth-order valence-electron chi connectivity index (χ4n) is 14.6. The lowest BCUT2D eigenvalue weighted by atomic mass is 9.87. The van der Waals surface area contributed by atoms with E-state index in [1.807, 2.05) is 91.9 Å². The predicted octanol–water partition coefficient (Wildman–Crippen LogP) is -1.12. The van der Waals surface area contributed by atoms with E-state index in [1.54, 1.807) is 46.0 Å². The molecule has 734 valence electrons. The third kappa shape index (κ3) is 38.7. The molecule has 43 heteroatoms. The van der Waals surface area contributed by atoms with Gasteiger partial charge < -0.3 is 136 Å². The zero-order valence-corrected chi connectivity index (χ0v) is 75.5. The summed E-state index contributed by atoms with van der Waals surface area (Å²) in [6.45, 7) is 3.65. The van der Waals surface area contributed by atoms with Crippen molar-refractivity contribution in [2.24, 2.45) is 11.3 Å². The van der Waals surface area contributed by atoms with Crippen molar-refractivity contribution in [3.05, 3.63) is 144 Å². The van der Waals surface area contributed by atoms with E-state index in [-0.39, 0.29) is 160 Å². The van der Waals surface area contributed by atoms with Gasteiger partial charge in [-0.15, -0.1) is 22.0 Å². The maximum Gasteiger partial charge on any atom is 0.346 e. The van der Waals surface area contributed by atoms with E-state index < -0.39 is 152 Å². The number of ether oxygens (including phenoxy) is 9. The van der Waals surface area contributed by atoms with Gasteiger partial charge in [-0.3, -0.25) is 38.4 Å². The summed E-state index contributed by atoms with van der Waals surface area (Å²) in [7, 11) is 0. The topological polar surface area (TPSA) is 605 Å². The van der Waals surface area contributed by atoms with Crippen LogP contribution in [0.25, 0.3) is 22.3 Å². The number of carbonyl (C=O) groups excluding carboxylic acids is 7. The molecule has 1 saturated carbocycles. The Hall–Kier alpha value is -9.98. The Morgan fingerprint density at radius 2 is 0.970 bits per heavy atom. The molecule has 1 saturated heterocycles. The number of benzene rings is 4. The van der Waals surface area contributed by atoms with Gasteiger partial charge in [0.05, 0.1) is 179 Å². The number of unbranched alkanes of at least 4 members (excludes halogenated alkanes) is 1. The number of aliphatic hydroxyl groups excluding tert-OH is 9. The molecule has 0 spiro atoms. The lowest BCUT2D eigenvalue weighted by Crippen LogP contribution is -2.67. The summed E-state index contributed by atoms with van der Waals surface area (Å²) in [5.74, 6) is -6.60. The number of hydrogen-bond acceptors (Lipinski definition) is 32. The number of carbonyl (C=O) groups is 9. The normalized spacial score (nSPS) is 18.8. The van der Waals surface area contributed by atoms with Gasteiger partial charge >= 0.3 is 11.9 Å². The first-order chi connectivity index (χ1) is 64.2. The van der Waals surface area contributed by atoms with Crippen LogP contribution in [0.15, 0.2) is 122 Å². The first kappa shape index (κ1) is 108. The molecule has 6 aromatic rings. The van der Waals surface area contributed by atoms with Crippen molar-refractivity contribution in [3.8, 4) is 22.3 Å². The highest BCUT2D eigenvalue weighted by atomic mass is 32.2. The molecule has 1 aliphatic heterocycles. The fraction of sp³-hybridized carbons (Fsp3) is 0.589. The van der Waals surface area contributed by atoms with E-state index in [9.17, 15) is 99.3 Å². The van der Waals surface area contributed by atoms with Gasteiger partial charge in [-0.1, -0.05) is 120 Å². The number of nitrogens with one attached hydrogen (secondary N) is 7. The van der Waals surface area contributed by atoms with Crippen LogP contribution in [0.1, 0.15) is 100 Å². The molecule has 8 rings (SSSR count). The van der Waals surface area contributed by atoms with Gasteiger partial charge in [-0.2, -0.15) is 0 Å². The SMILES string of the molecule is C[C@H](CCCCNC(=O)CCOCCOCCn1cc(COCCOCCC2C[C@@]2(C[C@H](O)[C@@H](NC(=O)CO)[C@@H](O)[C@H](O)[C@H](O)CNC(=O)Cc2ccc(-c3ccccc3)cc2)C(=O)O)nn1)NC(=O)CCCNC(=O)CCOCCOCCn1cc(COCCOCCS[C@@]2(C(=O)O)C[C@H](O)[C@@H](NC(=O)CO)[C@H]([C@H](O)[C@H](O)CNC(=O)Cc3ccc(-c4ccccc4)cc3)O2)nn1. The Morgan fingerprint density at radius 3 is 1.48 bits per heavy atom. The summed E-state index contributed by atoms with van der Waals surface area (Å²) in [6.07, 6.45) is -8.66. The predicted molar refractivity (Wildman–Crippen MR) is 477 cm³/mol. The highest BCUT2D eigenvalue weighted by Crippen LogP contribution is 2.58. The fourth-order valence-corrected chi connectivity index (χ4v) is 15.8. The number of aromatic nitrogens is 6. The number of aliphatic hydroxyl groups is 9. The van der Waals surface area contributed by atoms with E-state index >= 15 is 0 Å². The van der Waals surface area contributed by atoms with E-state index in [2.05, 4.69) is 57.8 Å². The molecule has 42 nitrogen and oxygen atoms in total. The second kappa shape index (κ2) is 59.0. The minimum atomic E-state index is -2.17. The maximum atomic E-state index is 12.9. The van der Waals surface area contributed by atoms with E-state index in [4.69, 9.17) is 42.6 Å². The molecule has 7 amide bonds. The number of carboxylic acids is 2. The summed E-state index contributed by atoms with van der Waals surface area (Å²) >= 11 is 0.765. The quantitative estimate of drug-likeness (QED) is 0.0201. The molecule has 2 aliphatic rings. The van der Waals surface area contributed by atoms with E-state index in [0.717, 1.165) is 53.3 Å². The van der Waals surface area contributed by atoms with Crippen LogP contribution < -0.4 is 37.2 Å². The van der Waals surface area contributed by atoms with Crippen LogP contribution in [0, 0.1) is 11.3 Å². The average Bonchev–Trinajstić information content (AvgIpc) is 1.38. The Bertz CT molecular complexity index is 4460. The zero-order valence-electron chi connectivity index (χ0n) is 74.7. The van der Waals surface area contributed by atoms with Crippen LogP contribution in [0.4, 0.5) is 0 Å². The third-order valence-corrected chi connectivity index (χ3v) is 23.4. The molecule has 14 atom stereocenters. The second-order valence-electron chi connectivity index (χ2n) is 32.4. The standard InChI is InChI=1S/C90H129N13O29S/c1-60(11-8-9-28-91-74(110)26-33-125-37-39-127-35-30-102-54-68(98-100-102)58-130-43-41-124-32-25-67-49-89(67,87(120)121)50-70(106)81(96-79(115)56-104)85(119)83(117)72(108)52-93-77(113)47-61-17-21-65(22-18-61)63-12-4-2-5-13-63)95-76(112)16-10-29-92-75(111)27-34-126-38-40-128-36-31-103-55-69(99-101-103)59-131-44-42-129-45-46-133-90(88(122)123)51-71(107)82(97-80(116)57-105)86(132-90)84(118)73(109)53-94-78(114)48-62-19-23-66(24-20-62)64-14-6-3-7-15-64/h2-7,12-15,17-24,54-55,60,67,70-73,81-86,104-109,117-119H,8-11,16,25-53,56-59H2,1H3,(H,91,110)(H,92,111)(H,93,113)(H,94,114)(H,95,112)(H,96,115)(H,97,116)(H,120,121)(H,122,123)/t60-,67?,70+,71+,72-,73-,81-,82-,83-,84-,85-,86-,89+,90-/m1/s1. The van der Waals surface area contributed by atoms with Gasteiger partial charge in [0.1, 0.15) is 49.0 Å². The van der Waals surface area contributed by atoms with Crippen LogP contribution in [-0.2, 0) is 125 Å². The third-order valence-electron chi connectivity index (χ3n) is 22.1. The molecule has 1 unspecified atom stereocenters. The number of nitrogens with zero attached hydrogens (tertiary/aromatic N) is 6. The molecular weight excluding hydrogens is 1760 g/mol. The molecule has 2 fully saturated rings. The van der Waals surface area contributed by atoms with Crippen molar-refractivity contribution >= 4 is 65.1 Å². The van der Waals surface area contributed by atoms with Crippen molar-refractivity contribution < 1.29 is 142 Å². The van der Waals surface area contributed by atoms with Crippen molar-refractivity contribution in [3.63, 3.8) is 0 Å². The molecule has 3 heterocycles. The van der Waals surface area contributed by atoms with Gasteiger partial charge in [0, 0.05) is 70.3 Å². The monoisotopic (exact) mass is 1890 g/mol. The van der Waals surface area contributed by atoms with Gasteiger partial charge in [0.25, 0.3) is 0 Å². The molecule has 133 heavy (non-hydrogen) atoms. The minimum absolute atomic E-state index is 0.0146. The number of carboxylic acid groups (broad SMARTS) is 2. The van der Waals surface area contributed by atoms with E-state index in [1.165, 1.54) is 0 Å². The molecular formula is C90H129N13O29S. The minimum Gasteiger partial charge on any atom is -0.481 e. The number of rotatable bonds is 69. The van der Waals surface area contributed by atoms with Crippen LogP contribution in [-0.4, -0.2) is 349 Å². The average molecular weight is 1890 g/mol. The summed E-state index contributed by atoms with van der Waals surface area (Å²) in [5, 5.41) is 152. The number of hydrogen-bond donors (Lipinski definition) is 18. The maximum absolute atomic E-state index is 12.9. The van der Waals surface area contributed by atoms with Crippen molar-refractivity contribution in [1.29, 1.82) is 0 Å². The molecule has 0 radical (unpaired) electrons. The molecule has 4 aromatic carbocycles. The van der Waals surface area contributed by atoms with Gasteiger partial charge in [-0.05, 0) is 91.2 Å². The highest BCUT2D eigenvalue weighted by molar-refractivity contribution is 8.01. The first-order valence-electron chi connectivity index (χ1n) is 44.6. The van der Waals surface area contributed by atoms with Gasteiger partial charge in [-0.25, -0.2) is 14.2 Å². The van der Waals surface area contributed by atoms with Gasteiger partial charge in [0.15, 0.2) is 0 Å². The largest absolute Gasteiger partial charge is 0.481 e. The van der Waals surface area contributed by atoms with Crippen LogP contribution in [0.5, 0.6) is 0 Å². The molecule has 0 bridgehead atoms. The van der Waals surface area contributed by atoms with Crippen LogP contribution in [0.3, 0.4) is 0 Å². The highest BCUT2D eigenvalue weighted by Gasteiger charge is 2.61. The lowest BCUT2D eigenvalue weighted by Gasteiger charge is -2.46. The lowest BCUT2D eigenvalue weighted by molar-refractivity contribution is -0.203.